The number of carbonyl (C=O) groups is 5. The molecule has 0 amide bonds. The monoisotopic (exact) mass is 384 g/mol. The number of carbonyl (C=O) groups excluding carboxylic acids is 4. The molecular formula is C17H20O10. The quantitative estimate of drug-likeness (QED) is 0.202. The van der Waals surface area contributed by atoms with Crippen molar-refractivity contribution in [1.29, 1.82) is 0 Å². The largest absolute Gasteiger partial charge is 0.481 e. The maximum Gasteiger partial charge on any atom is 0.330 e. The number of carboxylic acid groups (broad SMARTS) is 1. The number of carboxylic acids is 1. The second-order valence-corrected chi connectivity index (χ2v) is 5.17. The Morgan fingerprint density at radius 1 is 0.704 bits per heavy atom. The molecule has 10 nitrogen and oxygen atoms in total. The fraction of sp³-hybridized carbons (Fsp3) is 0.353. The van der Waals surface area contributed by atoms with Gasteiger partial charge in [-0.05, 0) is 0 Å². The molecule has 0 saturated carbocycles. The second kappa shape index (κ2) is 12.0. The first-order chi connectivity index (χ1) is 12.7. The maximum absolute atomic E-state index is 11.5. The summed E-state index contributed by atoms with van der Waals surface area (Å²) in [4.78, 5) is 56.1. The van der Waals surface area contributed by atoms with E-state index < -0.39 is 68.1 Å². The first-order valence-corrected chi connectivity index (χ1v) is 7.43. The lowest BCUT2D eigenvalue weighted by molar-refractivity contribution is -0.166. The summed E-state index contributed by atoms with van der Waals surface area (Å²) in [5.74, 6) is -5.00. The molecule has 0 heterocycles. The summed E-state index contributed by atoms with van der Waals surface area (Å²) < 4.78 is 19.6. The fourth-order valence-electron chi connectivity index (χ4n) is 1.51. The molecule has 0 aliphatic carbocycles. The lowest BCUT2D eigenvalue weighted by Gasteiger charge is -2.31. The van der Waals surface area contributed by atoms with Gasteiger partial charge in [0, 0.05) is 18.2 Å². The average molecular weight is 384 g/mol. The summed E-state index contributed by atoms with van der Waals surface area (Å²) in [5.41, 5.74) is -1.50. The predicted molar refractivity (Wildman–Crippen MR) is 89.1 cm³/mol. The predicted octanol–water partition coefficient (Wildman–Crippen LogP) is 0.178. The van der Waals surface area contributed by atoms with Crippen molar-refractivity contribution in [2.75, 3.05) is 26.4 Å². The van der Waals surface area contributed by atoms with Gasteiger partial charge < -0.3 is 24.1 Å². The summed E-state index contributed by atoms with van der Waals surface area (Å²) in [5, 5.41) is 8.60. The molecule has 0 atom stereocenters. The summed E-state index contributed by atoms with van der Waals surface area (Å²) in [6.07, 6.45) is 1.69. The number of aliphatic carboxylic acids is 1. The van der Waals surface area contributed by atoms with Crippen LogP contribution in [-0.4, -0.2) is 61.4 Å². The van der Waals surface area contributed by atoms with Crippen molar-refractivity contribution < 1.29 is 48.0 Å². The van der Waals surface area contributed by atoms with Gasteiger partial charge in [-0.1, -0.05) is 19.7 Å². The number of ether oxygens (including phenoxy) is 4. The molecule has 27 heavy (non-hydrogen) atoms. The van der Waals surface area contributed by atoms with Crippen LogP contribution in [0.3, 0.4) is 0 Å². The topological polar surface area (TPSA) is 142 Å². The highest BCUT2D eigenvalue weighted by molar-refractivity contribution is 5.90. The van der Waals surface area contributed by atoms with Crippen molar-refractivity contribution >= 4 is 29.8 Å². The Hall–Kier alpha value is -3.43. The Labute approximate surface area is 155 Å². The molecule has 1 N–H and O–H groups in total. The van der Waals surface area contributed by atoms with Gasteiger partial charge in [0.15, 0.2) is 0 Å². The Morgan fingerprint density at radius 2 is 1.04 bits per heavy atom. The van der Waals surface area contributed by atoms with Gasteiger partial charge in [-0.25, -0.2) is 14.4 Å². The zero-order chi connectivity index (χ0) is 20.9. The molecule has 0 saturated heterocycles. The van der Waals surface area contributed by atoms with E-state index in [1.165, 1.54) is 0 Å². The molecule has 10 heteroatoms. The number of rotatable bonds is 13. The Kier molecular flexibility index (Phi) is 10.5. The van der Waals surface area contributed by atoms with Crippen LogP contribution in [0.1, 0.15) is 6.42 Å². The highest BCUT2D eigenvalue weighted by atomic mass is 16.6. The van der Waals surface area contributed by atoms with Crippen molar-refractivity contribution in [3.05, 3.63) is 38.0 Å². The van der Waals surface area contributed by atoms with E-state index in [9.17, 15) is 24.0 Å². The van der Waals surface area contributed by atoms with Crippen molar-refractivity contribution in [2.45, 2.75) is 6.42 Å². The van der Waals surface area contributed by atoms with Crippen LogP contribution in [-0.2, 0) is 42.9 Å². The smallest absolute Gasteiger partial charge is 0.330 e. The van der Waals surface area contributed by atoms with Gasteiger partial charge in [-0.2, -0.15) is 0 Å². The minimum absolute atomic E-state index is 0.493. The first-order valence-electron chi connectivity index (χ1n) is 7.43. The molecule has 0 radical (unpaired) electrons. The second-order valence-electron chi connectivity index (χ2n) is 5.17. The number of hydrogen-bond donors (Lipinski definition) is 1. The molecule has 0 aromatic carbocycles. The van der Waals surface area contributed by atoms with Gasteiger partial charge in [0.2, 0.25) is 0 Å². The van der Waals surface area contributed by atoms with Gasteiger partial charge in [0.05, 0.1) is 0 Å². The van der Waals surface area contributed by atoms with Gasteiger partial charge >= 0.3 is 29.8 Å². The molecule has 0 aliphatic rings. The highest BCUT2D eigenvalue weighted by Gasteiger charge is 2.37. The van der Waals surface area contributed by atoms with E-state index in [4.69, 9.17) is 24.1 Å². The molecular weight excluding hydrogens is 364 g/mol. The maximum atomic E-state index is 11.5. The van der Waals surface area contributed by atoms with Crippen LogP contribution in [0.5, 0.6) is 0 Å². The summed E-state index contributed by atoms with van der Waals surface area (Å²) in [6, 6.07) is 0. The van der Waals surface area contributed by atoms with Crippen LogP contribution in [0.15, 0.2) is 38.0 Å². The molecule has 0 fully saturated rings. The van der Waals surface area contributed by atoms with Crippen molar-refractivity contribution in [2.24, 2.45) is 5.41 Å². The third-order valence-electron chi connectivity index (χ3n) is 2.90. The molecule has 0 aromatic heterocycles. The molecule has 148 valence electrons. The summed E-state index contributed by atoms with van der Waals surface area (Å²) >= 11 is 0. The van der Waals surface area contributed by atoms with E-state index in [0.717, 1.165) is 18.2 Å². The van der Waals surface area contributed by atoms with E-state index >= 15 is 0 Å². The van der Waals surface area contributed by atoms with Gasteiger partial charge in [0.25, 0.3) is 0 Å². The number of hydrogen-bond acceptors (Lipinski definition) is 9. The van der Waals surface area contributed by atoms with Gasteiger partial charge in [-0.15, -0.1) is 0 Å². The highest BCUT2D eigenvalue weighted by Crippen LogP contribution is 2.22. The van der Waals surface area contributed by atoms with E-state index in [-0.39, 0.29) is 0 Å². The molecule has 0 spiro atoms. The summed E-state index contributed by atoms with van der Waals surface area (Å²) in [6.45, 7) is 7.61. The van der Waals surface area contributed by atoms with E-state index in [1.54, 1.807) is 0 Å². The standard InChI is InChI=1S/C17H20O10/c1-4-13(20)24-8-17(9-25-14(21)5-2,10-26-15(22)6-3)11-27-16(23)7-12(18)19/h4-6H,1-3,7-11H2,(H,18,19). The van der Waals surface area contributed by atoms with Crippen molar-refractivity contribution in [3.8, 4) is 0 Å². The van der Waals surface area contributed by atoms with E-state index in [2.05, 4.69) is 19.7 Å². The van der Waals surface area contributed by atoms with Crippen LogP contribution in [0.25, 0.3) is 0 Å². The minimum atomic E-state index is -1.50. The van der Waals surface area contributed by atoms with Gasteiger partial charge in [0.1, 0.15) is 38.3 Å². The molecule has 0 rings (SSSR count). The van der Waals surface area contributed by atoms with Crippen LogP contribution in [0.2, 0.25) is 0 Å². The van der Waals surface area contributed by atoms with E-state index in [0.29, 0.717) is 0 Å². The Balaban J connectivity index is 5.41. The zero-order valence-electron chi connectivity index (χ0n) is 14.5. The van der Waals surface area contributed by atoms with Crippen LogP contribution < -0.4 is 0 Å². The molecule has 0 unspecified atom stereocenters. The molecule has 0 bridgehead atoms. The van der Waals surface area contributed by atoms with Crippen molar-refractivity contribution in [1.82, 2.24) is 0 Å². The lowest BCUT2D eigenvalue weighted by atomic mass is 9.92. The van der Waals surface area contributed by atoms with Gasteiger partial charge in [-0.3, -0.25) is 9.59 Å². The Bertz CT molecular complexity index is 559. The van der Waals surface area contributed by atoms with E-state index in [1.807, 2.05) is 0 Å². The Morgan fingerprint density at radius 3 is 1.33 bits per heavy atom. The van der Waals surface area contributed by atoms with Crippen LogP contribution >= 0.6 is 0 Å². The first kappa shape index (κ1) is 23.6. The SMILES string of the molecule is C=CC(=O)OCC(COC(=O)C=C)(COC(=O)C=C)COC(=O)CC(=O)O. The van der Waals surface area contributed by atoms with Crippen LogP contribution in [0, 0.1) is 5.41 Å². The van der Waals surface area contributed by atoms with Crippen molar-refractivity contribution in [3.63, 3.8) is 0 Å². The third-order valence-corrected chi connectivity index (χ3v) is 2.90. The minimum Gasteiger partial charge on any atom is -0.481 e. The normalized spacial score (nSPS) is 10.1. The number of esters is 4. The zero-order valence-corrected chi connectivity index (χ0v) is 14.5. The fourth-order valence-corrected chi connectivity index (χ4v) is 1.51. The molecule has 0 aromatic rings. The van der Waals surface area contributed by atoms with Crippen LogP contribution in [0.4, 0.5) is 0 Å². The lowest BCUT2D eigenvalue weighted by Crippen LogP contribution is -2.43. The summed E-state index contributed by atoms with van der Waals surface area (Å²) in [7, 11) is 0. The average Bonchev–Trinajstić information content (AvgIpc) is 2.65. The molecule has 0 aliphatic heterocycles. The third kappa shape index (κ3) is 10.2.